The van der Waals surface area contributed by atoms with E-state index in [0.29, 0.717) is 0 Å². The van der Waals surface area contributed by atoms with E-state index in [0.717, 1.165) is 0 Å². The minimum atomic E-state index is 0. The minimum absolute atomic E-state index is 0. The second-order valence-electron chi connectivity index (χ2n) is 7.60. The van der Waals surface area contributed by atoms with E-state index in [1.54, 1.807) is 22.3 Å². The fourth-order valence-electron chi connectivity index (χ4n) is 3.86. The molecular weight excluding hydrogens is 404 g/mol. The average Bonchev–Trinajstić information content (AvgIpc) is 3.27. The fourth-order valence-corrected chi connectivity index (χ4v) is 3.86. The van der Waals surface area contributed by atoms with Crippen molar-refractivity contribution in [2.75, 3.05) is 0 Å². The Morgan fingerprint density at radius 3 is 1.19 bits per heavy atom. The predicted molar refractivity (Wildman–Crippen MR) is 117 cm³/mol. The Hall–Kier alpha value is -0.157. The molecule has 150 valence electrons. The van der Waals surface area contributed by atoms with Gasteiger partial charge in [0.1, 0.15) is 0 Å². The molecule has 0 spiro atoms. The maximum Gasteiger partial charge on any atom is 2.00 e. The van der Waals surface area contributed by atoms with Crippen LogP contribution in [0.3, 0.4) is 0 Å². The predicted octanol–water partition coefficient (Wildman–Crippen LogP) is 8.85. The van der Waals surface area contributed by atoms with Crippen LogP contribution in [0.2, 0.25) is 0 Å². The topological polar surface area (TPSA) is 0 Å². The molecule has 0 saturated heterocycles. The third-order valence-electron chi connectivity index (χ3n) is 5.59. The van der Waals surface area contributed by atoms with Crippen LogP contribution < -0.4 is 0 Å². The maximum absolute atomic E-state index is 3.57. The quantitative estimate of drug-likeness (QED) is 0.294. The van der Waals surface area contributed by atoms with Crippen LogP contribution >= 0.6 is 0 Å². The van der Waals surface area contributed by atoms with Gasteiger partial charge in [0.15, 0.2) is 0 Å². The fraction of sp³-hybridized carbons (Fsp3) is 0.692. The van der Waals surface area contributed by atoms with Gasteiger partial charge in [-0.1, -0.05) is 106 Å². The van der Waals surface area contributed by atoms with Crippen LogP contribution in [0.1, 0.15) is 119 Å². The van der Waals surface area contributed by atoms with Crippen molar-refractivity contribution in [2.24, 2.45) is 0 Å². The Kier molecular flexibility index (Phi) is 15.6. The molecule has 0 aromatic heterocycles. The van der Waals surface area contributed by atoms with Gasteiger partial charge in [0.25, 0.3) is 0 Å². The molecule has 0 bridgehead atoms. The molecular formula is C26H42Zr. The first kappa shape index (κ1) is 26.8. The van der Waals surface area contributed by atoms with E-state index >= 15 is 0 Å². The zero-order valence-corrected chi connectivity index (χ0v) is 21.4. The van der Waals surface area contributed by atoms with E-state index in [4.69, 9.17) is 0 Å². The Morgan fingerprint density at radius 1 is 0.593 bits per heavy atom. The van der Waals surface area contributed by atoms with Crippen LogP contribution in [-0.4, -0.2) is 0 Å². The molecule has 27 heavy (non-hydrogen) atoms. The molecule has 0 N–H and O–H groups in total. The zero-order chi connectivity index (χ0) is 19.4. The van der Waals surface area contributed by atoms with Crippen LogP contribution in [0.15, 0.2) is 33.4 Å². The largest absolute Gasteiger partial charge is 2.00 e. The first-order valence-electron chi connectivity index (χ1n) is 11.3. The van der Waals surface area contributed by atoms with Crippen molar-refractivity contribution < 1.29 is 26.2 Å². The summed E-state index contributed by atoms with van der Waals surface area (Å²) < 4.78 is 0. The van der Waals surface area contributed by atoms with Crippen LogP contribution in [0.4, 0.5) is 0 Å². The van der Waals surface area contributed by atoms with Crippen LogP contribution in [-0.2, 0) is 26.2 Å². The number of hydrogen-bond donors (Lipinski definition) is 0. The number of hydrogen-bond acceptors (Lipinski definition) is 0. The van der Waals surface area contributed by atoms with E-state index in [1.807, 2.05) is 0 Å². The molecule has 0 aromatic carbocycles. The smallest absolute Gasteiger partial charge is 0.249 e. The Bertz CT molecular complexity index is 493. The van der Waals surface area contributed by atoms with Crippen molar-refractivity contribution in [3.63, 3.8) is 0 Å². The molecule has 0 atom stereocenters. The van der Waals surface area contributed by atoms with E-state index in [1.165, 1.54) is 88.2 Å². The molecule has 2 aliphatic rings. The molecule has 2 rings (SSSR count). The third kappa shape index (κ3) is 9.25. The molecule has 0 radical (unpaired) electrons. The van der Waals surface area contributed by atoms with Crippen molar-refractivity contribution in [3.05, 3.63) is 45.6 Å². The van der Waals surface area contributed by atoms with Gasteiger partial charge in [0.2, 0.25) is 0 Å². The van der Waals surface area contributed by atoms with Crippen LogP contribution in [0, 0.1) is 12.2 Å². The minimum Gasteiger partial charge on any atom is -0.249 e. The molecule has 0 fully saturated rings. The Morgan fingerprint density at radius 2 is 0.963 bits per heavy atom. The SMILES string of the molecule is CCCCC1=[C-]C(CC)=C(CC)C1.CCCCC1=[C-]C(CC)=C(CC)C1.[Zr+2]. The molecule has 2 aliphatic carbocycles. The molecule has 0 aliphatic heterocycles. The third-order valence-corrected chi connectivity index (χ3v) is 5.59. The molecule has 0 saturated carbocycles. The molecule has 0 heterocycles. The molecule has 0 unspecified atom stereocenters. The number of unbranched alkanes of at least 4 members (excludes halogenated alkanes) is 2. The number of allylic oxidation sites excluding steroid dienone is 8. The standard InChI is InChI=1S/2C13H21.Zr/c2*1-4-7-8-11-9-12(5-2)13(6-3)10-11;/h2*4-9H2,1-3H3;/q2*-1;+2. The van der Waals surface area contributed by atoms with Gasteiger partial charge in [0.05, 0.1) is 0 Å². The molecule has 1 heteroatoms. The summed E-state index contributed by atoms with van der Waals surface area (Å²) in [5.41, 5.74) is 9.36. The van der Waals surface area contributed by atoms with Gasteiger partial charge >= 0.3 is 26.2 Å². The van der Waals surface area contributed by atoms with Gasteiger partial charge < -0.3 is 0 Å². The van der Waals surface area contributed by atoms with Gasteiger partial charge in [-0.05, 0) is 0 Å². The van der Waals surface area contributed by atoms with E-state index in [2.05, 4.69) is 53.7 Å². The van der Waals surface area contributed by atoms with Crippen molar-refractivity contribution in [1.29, 1.82) is 0 Å². The summed E-state index contributed by atoms with van der Waals surface area (Å²) in [6.07, 6.45) is 22.1. The zero-order valence-electron chi connectivity index (χ0n) is 19.0. The van der Waals surface area contributed by atoms with E-state index in [-0.39, 0.29) is 26.2 Å². The first-order valence-corrected chi connectivity index (χ1v) is 11.3. The molecule has 0 nitrogen and oxygen atoms in total. The summed E-state index contributed by atoms with van der Waals surface area (Å²) in [5.74, 6) is 0. The summed E-state index contributed by atoms with van der Waals surface area (Å²) in [6.45, 7) is 13.5. The van der Waals surface area contributed by atoms with E-state index < -0.39 is 0 Å². The van der Waals surface area contributed by atoms with E-state index in [9.17, 15) is 0 Å². The van der Waals surface area contributed by atoms with Crippen LogP contribution in [0.25, 0.3) is 0 Å². The second-order valence-corrected chi connectivity index (χ2v) is 7.60. The number of rotatable bonds is 10. The second kappa shape index (κ2) is 15.7. The first-order chi connectivity index (χ1) is 12.6. The normalized spacial score (nSPS) is 16.1. The Balaban J connectivity index is 0.000000483. The van der Waals surface area contributed by atoms with Gasteiger partial charge in [-0.3, -0.25) is 0 Å². The van der Waals surface area contributed by atoms with Gasteiger partial charge in [-0.25, -0.2) is 34.4 Å². The summed E-state index contributed by atoms with van der Waals surface area (Å²) in [5, 5.41) is 0. The van der Waals surface area contributed by atoms with Crippen LogP contribution in [0.5, 0.6) is 0 Å². The summed E-state index contributed by atoms with van der Waals surface area (Å²) in [7, 11) is 0. The van der Waals surface area contributed by atoms with Crippen molar-refractivity contribution in [3.8, 4) is 0 Å². The van der Waals surface area contributed by atoms with Crippen molar-refractivity contribution in [1.82, 2.24) is 0 Å². The van der Waals surface area contributed by atoms with Crippen molar-refractivity contribution in [2.45, 2.75) is 119 Å². The van der Waals surface area contributed by atoms with Gasteiger partial charge in [-0.2, -0.15) is 11.1 Å². The molecule has 0 amide bonds. The average molecular weight is 446 g/mol. The molecule has 0 aromatic rings. The van der Waals surface area contributed by atoms with Gasteiger partial charge in [0, 0.05) is 0 Å². The summed E-state index contributed by atoms with van der Waals surface area (Å²) in [6, 6.07) is 0. The van der Waals surface area contributed by atoms with Gasteiger partial charge in [-0.15, -0.1) is 12.8 Å². The summed E-state index contributed by atoms with van der Waals surface area (Å²) in [4.78, 5) is 0. The monoisotopic (exact) mass is 444 g/mol. The maximum atomic E-state index is 3.57. The van der Waals surface area contributed by atoms with Crippen molar-refractivity contribution >= 4 is 0 Å². The summed E-state index contributed by atoms with van der Waals surface area (Å²) >= 11 is 0. The Labute approximate surface area is 189 Å².